The molecule has 140 valence electrons. The summed E-state index contributed by atoms with van der Waals surface area (Å²) in [6.07, 6.45) is 6.20. The van der Waals surface area contributed by atoms with Gasteiger partial charge in [-0.1, -0.05) is 30.9 Å². The molecule has 1 unspecified atom stereocenters. The lowest BCUT2D eigenvalue weighted by molar-refractivity contribution is 0.113. The van der Waals surface area contributed by atoms with Crippen molar-refractivity contribution in [3.63, 3.8) is 0 Å². The van der Waals surface area contributed by atoms with Crippen LogP contribution in [0.2, 0.25) is 10.3 Å². The normalized spacial score (nSPS) is 16.2. The zero-order valence-electron chi connectivity index (χ0n) is 14.8. The second kappa shape index (κ2) is 8.73. The van der Waals surface area contributed by atoms with Gasteiger partial charge in [-0.2, -0.15) is 15.0 Å². The highest BCUT2D eigenvalue weighted by atomic mass is 35.5. The van der Waals surface area contributed by atoms with Crippen LogP contribution >= 0.6 is 23.2 Å². The van der Waals surface area contributed by atoms with Crippen LogP contribution in [0.1, 0.15) is 39.0 Å². The number of benzene rings is 1. The Kier molecular flexibility index (Phi) is 6.38. The third-order valence-corrected chi connectivity index (χ3v) is 5.06. The van der Waals surface area contributed by atoms with Crippen molar-refractivity contribution in [3.8, 4) is 11.8 Å². The zero-order valence-corrected chi connectivity index (χ0v) is 16.3. The summed E-state index contributed by atoms with van der Waals surface area (Å²) in [5.41, 5.74) is 0.712. The van der Waals surface area contributed by atoms with Crippen LogP contribution in [0.25, 0.3) is 0 Å². The summed E-state index contributed by atoms with van der Waals surface area (Å²) in [4.78, 5) is 12.5. The first-order chi connectivity index (χ1) is 12.5. The lowest BCUT2D eigenvalue weighted by atomic mass is 9.86. The Labute approximate surface area is 163 Å². The Balaban J connectivity index is 1.71. The lowest BCUT2D eigenvalue weighted by Crippen LogP contribution is -2.26. The van der Waals surface area contributed by atoms with Gasteiger partial charge in [0.05, 0.1) is 12.1 Å². The van der Waals surface area contributed by atoms with E-state index >= 15 is 0 Å². The van der Waals surface area contributed by atoms with E-state index in [-0.39, 0.29) is 17.4 Å². The molecule has 6 nitrogen and oxygen atoms in total. The minimum Gasteiger partial charge on any atom is -0.495 e. The SMILES string of the molecule is COc1ccc(Nc2nc(Cl)nc(OC(C)C3CCCCC3)n2)cc1Cl. The Morgan fingerprint density at radius 3 is 2.58 bits per heavy atom. The number of hydrogen-bond acceptors (Lipinski definition) is 6. The van der Waals surface area contributed by atoms with Crippen molar-refractivity contribution in [3.05, 3.63) is 28.5 Å². The molecule has 0 aliphatic heterocycles. The second-order valence-corrected chi connectivity index (χ2v) is 7.15. The number of anilines is 2. The zero-order chi connectivity index (χ0) is 18.5. The number of rotatable bonds is 6. The predicted molar refractivity (Wildman–Crippen MR) is 103 cm³/mol. The number of nitrogens with one attached hydrogen (secondary N) is 1. The standard InChI is InChI=1S/C18H22Cl2N4O2/c1-11(12-6-4-3-5-7-12)26-18-23-16(20)22-17(24-18)21-13-8-9-15(25-2)14(19)10-13/h8-12H,3-7H2,1-2H3,(H,21,22,23,24). The summed E-state index contributed by atoms with van der Waals surface area (Å²) < 4.78 is 11.1. The van der Waals surface area contributed by atoms with Gasteiger partial charge in [0.15, 0.2) is 0 Å². The molecule has 1 aromatic heterocycles. The number of nitrogens with zero attached hydrogens (tertiary/aromatic N) is 3. The van der Waals surface area contributed by atoms with Crippen molar-refractivity contribution in [1.82, 2.24) is 15.0 Å². The summed E-state index contributed by atoms with van der Waals surface area (Å²) in [6, 6.07) is 5.53. The van der Waals surface area contributed by atoms with Gasteiger partial charge in [0.25, 0.3) is 0 Å². The Hall–Kier alpha value is -1.79. The number of ether oxygens (including phenoxy) is 2. The summed E-state index contributed by atoms with van der Waals surface area (Å²) in [6.45, 7) is 2.06. The van der Waals surface area contributed by atoms with Gasteiger partial charge in [0.2, 0.25) is 11.2 Å². The largest absolute Gasteiger partial charge is 0.495 e. The van der Waals surface area contributed by atoms with Gasteiger partial charge >= 0.3 is 6.01 Å². The molecular weight excluding hydrogens is 375 g/mol. The van der Waals surface area contributed by atoms with Crippen LogP contribution in [0.5, 0.6) is 11.8 Å². The highest BCUT2D eigenvalue weighted by Gasteiger charge is 2.22. The van der Waals surface area contributed by atoms with E-state index in [0.717, 1.165) is 0 Å². The average molecular weight is 397 g/mol. The maximum Gasteiger partial charge on any atom is 0.322 e. The van der Waals surface area contributed by atoms with Crippen molar-refractivity contribution in [2.24, 2.45) is 5.92 Å². The first kappa shape index (κ1) is 19.0. The monoisotopic (exact) mass is 396 g/mol. The van der Waals surface area contributed by atoms with E-state index in [2.05, 4.69) is 27.2 Å². The summed E-state index contributed by atoms with van der Waals surface area (Å²) in [7, 11) is 1.57. The minimum absolute atomic E-state index is 0.0389. The molecule has 26 heavy (non-hydrogen) atoms. The smallest absolute Gasteiger partial charge is 0.322 e. The summed E-state index contributed by atoms with van der Waals surface area (Å²) in [5.74, 6) is 1.42. The van der Waals surface area contributed by atoms with Crippen LogP contribution in [0.15, 0.2) is 18.2 Å². The van der Waals surface area contributed by atoms with Gasteiger partial charge < -0.3 is 14.8 Å². The molecular formula is C18H22Cl2N4O2. The first-order valence-corrected chi connectivity index (χ1v) is 9.49. The summed E-state index contributed by atoms with van der Waals surface area (Å²) in [5, 5.41) is 3.63. The highest BCUT2D eigenvalue weighted by molar-refractivity contribution is 6.32. The molecule has 8 heteroatoms. The van der Waals surface area contributed by atoms with Crippen LogP contribution in [0.3, 0.4) is 0 Å². The third-order valence-electron chi connectivity index (χ3n) is 4.60. The Morgan fingerprint density at radius 2 is 1.88 bits per heavy atom. The fraction of sp³-hybridized carbons (Fsp3) is 0.500. The highest BCUT2D eigenvalue weighted by Crippen LogP contribution is 2.30. The topological polar surface area (TPSA) is 69.2 Å². The Bertz CT molecular complexity index is 754. The molecule has 0 radical (unpaired) electrons. The maximum atomic E-state index is 6.14. The van der Waals surface area contributed by atoms with Gasteiger partial charge in [-0.25, -0.2) is 0 Å². The molecule has 3 rings (SSSR count). The van der Waals surface area contributed by atoms with Gasteiger partial charge in [-0.15, -0.1) is 0 Å². The van der Waals surface area contributed by atoms with Gasteiger partial charge in [-0.3, -0.25) is 0 Å². The molecule has 0 saturated heterocycles. The van der Waals surface area contributed by atoms with Gasteiger partial charge in [0, 0.05) is 5.69 Å². The van der Waals surface area contributed by atoms with E-state index in [1.54, 1.807) is 19.2 Å². The van der Waals surface area contributed by atoms with E-state index in [0.29, 0.717) is 28.3 Å². The number of hydrogen-bond donors (Lipinski definition) is 1. The van der Waals surface area contributed by atoms with Gasteiger partial charge in [0.1, 0.15) is 11.9 Å². The number of methoxy groups -OCH3 is 1. The van der Waals surface area contributed by atoms with Crippen molar-refractivity contribution in [2.75, 3.05) is 12.4 Å². The molecule has 1 aromatic carbocycles. The van der Waals surface area contributed by atoms with Crippen molar-refractivity contribution < 1.29 is 9.47 Å². The van der Waals surface area contributed by atoms with Crippen molar-refractivity contribution in [1.29, 1.82) is 0 Å². The van der Waals surface area contributed by atoms with E-state index in [9.17, 15) is 0 Å². The first-order valence-electron chi connectivity index (χ1n) is 8.74. The predicted octanol–water partition coefficient (Wildman–Crippen LogP) is 5.28. The maximum absolute atomic E-state index is 6.14. The lowest BCUT2D eigenvalue weighted by Gasteiger charge is -2.27. The third kappa shape index (κ3) is 4.89. The molecule has 1 fully saturated rings. The number of halogens is 2. The minimum atomic E-state index is 0.0389. The fourth-order valence-electron chi connectivity index (χ4n) is 3.18. The molecule has 1 N–H and O–H groups in total. The van der Waals surface area contributed by atoms with E-state index in [1.165, 1.54) is 32.1 Å². The van der Waals surface area contributed by atoms with Crippen molar-refractivity contribution >= 4 is 34.8 Å². The van der Waals surface area contributed by atoms with Crippen LogP contribution in [0, 0.1) is 5.92 Å². The molecule has 1 aliphatic carbocycles. The van der Waals surface area contributed by atoms with E-state index in [1.807, 2.05) is 6.07 Å². The molecule has 1 heterocycles. The number of aromatic nitrogens is 3. The van der Waals surface area contributed by atoms with E-state index in [4.69, 9.17) is 32.7 Å². The molecule has 0 amide bonds. The molecule has 2 aromatic rings. The van der Waals surface area contributed by atoms with Crippen molar-refractivity contribution in [2.45, 2.75) is 45.1 Å². The van der Waals surface area contributed by atoms with Crippen LogP contribution in [-0.2, 0) is 0 Å². The molecule has 1 atom stereocenters. The van der Waals surface area contributed by atoms with E-state index < -0.39 is 0 Å². The Morgan fingerprint density at radius 1 is 1.12 bits per heavy atom. The summed E-state index contributed by atoms with van der Waals surface area (Å²) >= 11 is 12.2. The molecule has 1 saturated carbocycles. The van der Waals surface area contributed by atoms with Crippen LogP contribution in [-0.4, -0.2) is 28.2 Å². The molecule has 0 spiro atoms. The van der Waals surface area contributed by atoms with Crippen LogP contribution < -0.4 is 14.8 Å². The molecule has 0 bridgehead atoms. The fourth-order valence-corrected chi connectivity index (χ4v) is 3.59. The second-order valence-electron chi connectivity index (χ2n) is 6.41. The quantitative estimate of drug-likeness (QED) is 0.716. The average Bonchev–Trinajstić information content (AvgIpc) is 2.62. The van der Waals surface area contributed by atoms with Crippen LogP contribution in [0.4, 0.5) is 11.6 Å². The van der Waals surface area contributed by atoms with Gasteiger partial charge in [-0.05, 0) is 55.5 Å². The molecule has 1 aliphatic rings.